The Hall–Kier alpha value is -1.85. The summed E-state index contributed by atoms with van der Waals surface area (Å²) in [5.74, 6) is -0.175. The highest BCUT2D eigenvalue weighted by Gasteiger charge is 2.26. The predicted octanol–water partition coefficient (Wildman–Crippen LogP) is 3.12. The minimum Gasteiger partial charge on any atom is -0.391 e. The Labute approximate surface area is 146 Å². The number of benzene rings is 1. The predicted molar refractivity (Wildman–Crippen MR) is 93.7 cm³/mol. The van der Waals surface area contributed by atoms with Gasteiger partial charge >= 0.3 is 0 Å². The van der Waals surface area contributed by atoms with E-state index in [0.717, 1.165) is 37.1 Å². The summed E-state index contributed by atoms with van der Waals surface area (Å²) in [7, 11) is 0. The molecule has 0 radical (unpaired) electrons. The number of rotatable bonds is 4. The van der Waals surface area contributed by atoms with E-state index in [0.29, 0.717) is 17.0 Å². The number of nitrogens with one attached hydrogen (secondary N) is 1. The highest BCUT2D eigenvalue weighted by atomic mass is 35.5. The Balaban J connectivity index is 1.84. The van der Waals surface area contributed by atoms with Crippen molar-refractivity contribution in [3.05, 3.63) is 46.7 Å². The number of halogens is 1. The molecule has 1 heterocycles. The summed E-state index contributed by atoms with van der Waals surface area (Å²) in [6.07, 6.45) is 5.40. The molecule has 2 N–H and O–H groups in total. The Morgan fingerprint density at radius 1 is 1.42 bits per heavy atom. The first-order valence-electron chi connectivity index (χ1n) is 8.42. The topological polar surface area (TPSA) is 67.2 Å². The van der Waals surface area contributed by atoms with Crippen molar-refractivity contribution in [2.45, 2.75) is 51.2 Å². The molecule has 1 aromatic heterocycles. The molecule has 3 rings (SSSR count). The van der Waals surface area contributed by atoms with Crippen molar-refractivity contribution in [3.8, 4) is 5.69 Å². The van der Waals surface area contributed by atoms with Gasteiger partial charge in [-0.2, -0.15) is 5.10 Å². The summed E-state index contributed by atoms with van der Waals surface area (Å²) in [6.45, 7) is 1.99. The molecule has 0 saturated heterocycles. The standard InChI is InChI=1S/C18H22ClN3O2/c1-2-16-14(18(24)21-15-8-3-4-9-17(15)23)11-20-22(16)13-7-5-6-12(19)10-13/h5-7,10-11,15,17,23H,2-4,8-9H2,1H3,(H,21,24). The third kappa shape index (κ3) is 3.47. The highest BCUT2D eigenvalue weighted by molar-refractivity contribution is 6.30. The smallest absolute Gasteiger partial charge is 0.255 e. The average molecular weight is 348 g/mol. The Bertz CT molecular complexity index is 729. The molecular formula is C18H22ClN3O2. The van der Waals surface area contributed by atoms with Gasteiger partial charge in [-0.1, -0.05) is 37.4 Å². The Morgan fingerprint density at radius 2 is 2.21 bits per heavy atom. The number of aliphatic hydroxyl groups excluding tert-OH is 1. The van der Waals surface area contributed by atoms with Crippen molar-refractivity contribution in [1.29, 1.82) is 0 Å². The maximum Gasteiger partial charge on any atom is 0.255 e. The number of nitrogens with zero attached hydrogens (tertiary/aromatic N) is 2. The van der Waals surface area contributed by atoms with Gasteiger partial charge in [0, 0.05) is 5.02 Å². The van der Waals surface area contributed by atoms with Crippen LogP contribution in [-0.2, 0) is 6.42 Å². The monoisotopic (exact) mass is 347 g/mol. The second-order valence-electron chi connectivity index (χ2n) is 6.18. The number of amides is 1. The molecule has 5 nitrogen and oxygen atoms in total. The normalized spacial score (nSPS) is 20.8. The van der Waals surface area contributed by atoms with Crippen LogP contribution >= 0.6 is 11.6 Å². The lowest BCUT2D eigenvalue weighted by Gasteiger charge is -2.28. The van der Waals surface area contributed by atoms with E-state index in [4.69, 9.17) is 11.6 Å². The van der Waals surface area contributed by atoms with Gasteiger partial charge < -0.3 is 10.4 Å². The molecule has 2 atom stereocenters. The van der Waals surface area contributed by atoms with Gasteiger partial charge in [0.25, 0.3) is 5.91 Å². The third-order valence-corrected chi connectivity index (χ3v) is 4.78. The molecule has 1 amide bonds. The Morgan fingerprint density at radius 3 is 2.92 bits per heavy atom. The summed E-state index contributed by atoms with van der Waals surface area (Å²) in [5.41, 5.74) is 2.21. The van der Waals surface area contributed by atoms with E-state index in [2.05, 4.69) is 10.4 Å². The first-order valence-corrected chi connectivity index (χ1v) is 8.79. The zero-order chi connectivity index (χ0) is 17.1. The zero-order valence-electron chi connectivity index (χ0n) is 13.7. The van der Waals surface area contributed by atoms with E-state index in [1.165, 1.54) is 0 Å². The van der Waals surface area contributed by atoms with Crippen LogP contribution < -0.4 is 5.32 Å². The lowest BCUT2D eigenvalue weighted by atomic mass is 9.92. The van der Waals surface area contributed by atoms with Crippen LogP contribution in [0.1, 0.15) is 48.7 Å². The van der Waals surface area contributed by atoms with Gasteiger partial charge in [0.1, 0.15) is 0 Å². The van der Waals surface area contributed by atoms with Crippen LogP contribution in [-0.4, -0.2) is 32.9 Å². The van der Waals surface area contributed by atoms with E-state index in [1.807, 2.05) is 25.1 Å². The molecule has 2 unspecified atom stereocenters. The van der Waals surface area contributed by atoms with E-state index in [9.17, 15) is 9.90 Å². The van der Waals surface area contributed by atoms with E-state index in [-0.39, 0.29) is 11.9 Å². The number of aromatic nitrogens is 2. The van der Waals surface area contributed by atoms with Crippen molar-refractivity contribution in [2.75, 3.05) is 0 Å². The van der Waals surface area contributed by atoms with Gasteiger partial charge in [-0.15, -0.1) is 0 Å². The van der Waals surface area contributed by atoms with Crippen LogP contribution in [0.2, 0.25) is 5.02 Å². The van der Waals surface area contributed by atoms with E-state index >= 15 is 0 Å². The van der Waals surface area contributed by atoms with E-state index < -0.39 is 6.10 Å². The molecule has 1 aliphatic rings. The summed E-state index contributed by atoms with van der Waals surface area (Å²) in [5, 5.41) is 18.0. The van der Waals surface area contributed by atoms with Crippen LogP contribution in [0, 0.1) is 0 Å². The highest BCUT2D eigenvalue weighted by Crippen LogP contribution is 2.21. The van der Waals surface area contributed by atoms with E-state index in [1.54, 1.807) is 16.9 Å². The fraction of sp³-hybridized carbons (Fsp3) is 0.444. The SMILES string of the molecule is CCc1c(C(=O)NC2CCCCC2O)cnn1-c1cccc(Cl)c1. The molecule has 0 bridgehead atoms. The maximum atomic E-state index is 12.6. The zero-order valence-corrected chi connectivity index (χ0v) is 14.5. The van der Waals surface area contributed by atoms with Crippen molar-refractivity contribution in [1.82, 2.24) is 15.1 Å². The van der Waals surface area contributed by atoms with Gasteiger partial charge in [-0.3, -0.25) is 4.79 Å². The van der Waals surface area contributed by atoms with Crippen molar-refractivity contribution in [3.63, 3.8) is 0 Å². The summed E-state index contributed by atoms with van der Waals surface area (Å²) in [4.78, 5) is 12.6. The maximum absolute atomic E-state index is 12.6. The third-order valence-electron chi connectivity index (χ3n) is 4.55. The Kier molecular flexibility index (Phi) is 5.21. The fourth-order valence-corrected chi connectivity index (χ4v) is 3.44. The van der Waals surface area contributed by atoms with Gasteiger partial charge in [0.05, 0.1) is 35.3 Å². The molecule has 6 heteroatoms. The van der Waals surface area contributed by atoms with Gasteiger partial charge in [-0.25, -0.2) is 4.68 Å². The minimum atomic E-state index is -0.462. The molecule has 1 fully saturated rings. The minimum absolute atomic E-state index is 0.175. The number of hydrogen-bond donors (Lipinski definition) is 2. The summed E-state index contributed by atoms with van der Waals surface area (Å²) in [6, 6.07) is 7.21. The lowest BCUT2D eigenvalue weighted by molar-refractivity contribution is 0.0716. The van der Waals surface area contributed by atoms with Crippen LogP contribution in [0.15, 0.2) is 30.5 Å². The first kappa shape index (κ1) is 17.0. The summed E-state index contributed by atoms with van der Waals surface area (Å²) < 4.78 is 1.75. The number of aliphatic hydroxyl groups is 1. The van der Waals surface area contributed by atoms with Crippen molar-refractivity contribution < 1.29 is 9.90 Å². The van der Waals surface area contributed by atoms with Crippen LogP contribution in [0.5, 0.6) is 0 Å². The fourth-order valence-electron chi connectivity index (χ4n) is 3.26. The second kappa shape index (κ2) is 7.36. The van der Waals surface area contributed by atoms with Crippen molar-refractivity contribution >= 4 is 17.5 Å². The van der Waals surface area contributed by atoms with Gasteiger partial charge in [0.15, 0.2) is 0 Å². The van der Waals surface area contributed by atoms with Gasteiger partial charge in [0.2, 0.25) is 0 Å². The number of carbonyl (C=O) groups excluding carboxylic acids is 1. The second-order valence-corrected chi connectivity index (χ2v) is 6.62. The molecule has 128 valence electrons. The first-order chi connectivity index (χ1) is 11.6. The molecule has 0 spiro atoms. The van der Waals surface area contributed by atoms with Crippen molar-refractivity contribution in [2.24, 2.45) is 0 Å². The summed E-state index contributed by atoms with van der Waals surface area (Å²) >= 11 is 6.06. The largest absolute Gasteiger partial charge is 0.391 e. The van der Waals surface area contributed by atoms with Crippen LogP contribution in [0.4, 0.5) is 0 Å². The van der Waals surface area contributed by atoms with Crippen LogP contribution in [0.25, 0.3) is 5.69 Å². The molecule has 0 aliphatic heterocycles. The number of hydrogen-bond acceptors (Lipinski definition) is 3. The lowest BCUT2D eigenvalue weighted by Crippen LogP contribution is -2.45. The average Bonchev–Trinajstić information content (AvgIpc) is 3.01. The quantitative estimate of drug-likeness (QED) is 0.893. The molecule has 2 aromatic rings. The molecule has 1 aromatic carbocycles. The van der Waals surface area contributed by atoms with Crippen LogP contribution in [0.3, 0.4) is 0 Å². The van der Waals surface area contributed by atoms with Gasteiger partial charge in [-0.05, 0) is 37.5 Å². The number of carbonyl (C=O) groups is 1. The molecular weight excluding hydrogens is 326 g/mol. The molecule has 24 heavy (non-hydrogen) atoms. The molecule has 1 saturated carbocycles. The molecule has 1 aliphatic carbocycles.